The van der Waals surface area contributed by atoms with Crippen LogP contribution >= 0.6 is 0 Å². The van der Waals surface area contributed by atoms with E-state index in [-0.39, 0.29) is 17.9 Å². The van der Waals surface area contributed by atoms with Crippen molar-refractivity contribution in [1.82, 2.24) is 0 Å². The lowest BCUT2D eigenvalue weighted by Gasteiger charge is -2.07. The van der Waals surface area contributed by atoms with E-state index in [0.29, 0.717) is 0 Å². The number of rotatable bonds is 3. The van der Waals surface area contributed by atoms with E-state index >= 15 is 0 Å². The van der Waals surface area contributed by atoms with Crippen LogP contribution < -0.4 is 10.1 Å². The van der Waals surface area contributed by atoms with Crippen LogP contribution in [0.25, 0.3) is 0 Å². The number of esters is 1. The number of hydrogen-bond acceptors (Lipinski definition) is 4. The van der Waals surface area contributed by atoms with Gasteiger partial charge >= 0.3 is 5.97 Å². The summed E-state index contributed by atoms with van der Waals surface area (Å²) >= 11 is 0. The number of anilines is 1. The number of ether oxygens (including phenoxy) is 1. The largest absolute Gasteiger partial charge is 0.427 e. The van der Waals surface area contributed by atoms with Crippen LogP contribution in [0.2, 0.25) is 0 Å². The molecule has 1 N–H and O–H groups in total. The molecule has 0 fully saturated rings. The molecule has 0 aromatic heterocycles. The van der Waals surface area contributed by atoms with Gasteiger partial charge in [0.25, 0.3) is 0 Å². The fraction of sp³-hybridized carbons (Fsp3) is 0.182. The number of carbonyl (C=O) groups excluding carboxylic acids is 2. The van der Waals surface area contributed by atoms with Gasteiger partial charge in [0.05, 0.1) is 11.8 Å². The van der Waals surface area contributed by atoms with Gasteiger partial charge in [0.15, 0.2) is 0 Å². The molecule has 0 aliphatic rings. The SMILES string of the molecule is CC(=O)Oc1ccc(F)c(NC(=O)CC#N)c1. The Morgan fingerprint density at radius 1 is 1.53 bits per heavy atom. The first-order valence-electron chi connectivity index (χ1n) is 4.67. The Hall–Kier alpha value is -2.42. The molecular weight excluding hydrogens is 227 g/mol. The van der Waals surface area contributed by atoms with Crippen molar-refractivity contribution in [2.75, 3.05) is 5.32 Å². The van der Waals surface area contributed by atoms with Crippen molar-refractivity contribution >= 4 is 17.6 Å². The van der Waals surface area contributed by atoms with Crippen molar-refractivity contribution < 1.29 is 18.7 Å². The van der Waals surface area contributed by atoms with Crippen molar-refractivity contribution in [2.45, 2.75) is 13.3 Å². The van der Waals surface area contributed by atoms with Gasteiger partial charge in [0.1, 0.15) is 18.0 Å². The number of hydrogen-bond donors (Lipinski definition) is 1. The molecule has 0 saturated carbocycles. The summed E-state index contributed by atoms with van der Waals surface area (Å²) in [6.07, 6.45) is -0.378. The van der Waals surface area contributed by atoms with E-state index in [0.717, 1.165) is 6.07 Å². The lowest BCUT2D eigenvalue weighted by Crippen LogP contribution is -2.12. The van der Waals surface area contributed by atoms with Crippen molar-refractivity contribution in [3.63, 3.8) is 0 Å². The summed E-state index contributed by atoms with van der Waals surface area (Å²) in [4.78, 5) is 21.8. The van der Waals surface area contributed by atoms with E-state index in [1.54, 1.807) is 6.07 Å². The minimum absolute atomic E-state index is 0.117. The number of carbonyl (C=O) groups is 2. The molecule has 17 heavy (non-hydrogen) atoms. The topological polar surface area (TPSA) is 79.2 Å². The van der Waals surface area contributed by atoms with Gasteiger partial charge in [-0.25, -0.2) is 4.39 Å². The summed E-state index contributed by atoms with van der Waals surface area (Å²) in [6.45, 7) is 1.21. The second-order valence-corrected chi connectivity index (χ2v) is 3.12. The fourth-order valence-electron chi connectivity index (χ4n) is 1.10. The highest BCUT2D eigenvalue weighted by Gasteiger charge is 2.09. The van der Waals surface area contributed by atoms with Crippen LogP contribution in [-0.4, -0.2) is 11.9 Å². The highest BCUT2D eigenvalue weighted by atomic mass is 19.1. The third-order valence-corrected chi connectivity index (χ3v) is 1.71. The normalized spacial score (nSPS) is 9.24. The van der Waals surface area contributed by atoms with Gasteiger partial charge in [-0.15, -0.1) is 0 Å². The Morgan fingerprint density at radius 3 is 2.82 bits per heavy atom. The fourth-order valence-corrected chi connectivity index (χ4v) is 1.10. The Balaban J connectivity index is 2.87. The zero-order valence-electron chi connectivity index (χ0n) is 8.99. The average Bonchev–Trinajstić information content (AvgIpc) is 2.22. The molecule has 0 aliphatic heterocycles. The zero-order chi connectivity index (χ0) is 12.8. The van der Waals surface area contributed by atoms with Crippen LogP contribution in [0.3, 0.4) is 0 Å². The van der Waals surface area contributed by atoms with Crippen LogP contribution in [0.4, 0.5) is 10.1 Å². The van der Waals surface area contributed by atoms with Gasteiger partial charge in [-0.2, -0.15) is 5.26 Å². The molecule has 0 saturated heterocycles. The van der Waals surface area contributed by atoms with Gasteiger partial charge in [-0.05, 0) is 12.1 Å². The molecule has 1 amide bonds. The molecule has 6 heteroatoms. The summed E-state index contributed by atoms with van der Waals surface area (Å²) in [5, 5.41) is 10.5. The van der Waals surface area contributed by atoms with Crippen molar-refractivity contribution in [2.24, 2.45) is 0 Å². The molecule has 1 aromatic carbocycles. The minimum atomic E-state index is -0.674. The highest BCUT2D eigenvalue weighted by molar-refractivity contribution is 5.92. The molecule has 88 valence electrons. The maximum atomic E-state index is 13.3. The van der Waals surface area contributed by atoms with E-state index in [2.05, 4.69) is 5.32 Å². The van der Waals surface area contributed by atoms with E-state index in [4.69, 9.17) is 10.00 Å². The molecule has 1 rings (SSSR count). The lowest BCUT2D eigenvalue weighted by atomic mass is 10.2. The van der Waals surface area contributed by atoms with Crippen LogP contribution in [0.15, 0.2) is 18.2 Å². The summed E-state index contributed by atoms with van der Waals surface area (Å²) in [7, 11) is 0. The van der Waals surface area contributed by atoms with Crippen LogP contribution in [0.1, 0.15) is 13.3 Å². The Labute approximate surface area is 96.8 Å². The average molecular weight is 236 g/mol. The van der Waals surface area contributed by atoms with Gasteiger partial charge in [0.2, 0.25) is 5.91 Å². The maximum Gasteiger partial charge on any atom is 0.308 e. The number of nitriles is 1. The number of nitrogens with zero attached hydrogens (tertiary/aromatic N) is 1. The number of amides is 1. The highest BCUT2D eigenvalue weighted by Crippen LogP contribution is 2.21. The van der Waals surface area contributed by atoms with Crippen molar-refractivity contribution in [3.05, 3.63) is 24.0 Å². The predicted octanol–water partition coefficient (Wildman–Crippen LogP) is 1.60. The number of benzene rings is 1. The van der Waals surface area contributed by atoms with E-state index in [1.807, 2.05) is 0 Å². The van der Waals surface area contributed by atoms with Gasteiger partial charge < -0.3 is 10.1 Å². The predicted molar refractivity (Wildman–Crippen MR) is 56.6 cm³/mol. The third-order valence-electron chi connectivity index (χ3n) is 1.71. The maximum absolute atomic E-state index is 13.3. The van der Waals surface area contributed by atoms with Crippen LogP contribution in [0, 0.1) is 17.1 Å². The molecule has 1 aromatic rings. The second kappa shape index (κ2) is 5.61. The monoisotopic (exact) mass is 236 g/mol. The minimum Gasteiger partial charge on any atom is -0.427 e. The first-order chi connectivity index (χ1) is 8.02. The molecule has 0 heterocycles. The summed E-state index contributed by atoms with van der Waals surface area (Å²) in [5.74, 6) is -1.74. The Bertz CT molecular complexity index is 494. The molecule has 0 radical (unpaired) electrons. The molecule has 0 atom stereocenters. The molecule has 0 aliphatic carbocycles. The van der Waals surface area contributed by atoms with E-state index < -0.39 is 17.7 Å². The van der Waals surface area contributed by atoms with Crippen LogP contribution in [-0.2, 0) is 9.59 Å². The Morgan fingerprint density at radius 2 is 2.24 bits per heavy atom. The Kier molecular flexibility index (Phi) is 4.17. The molecular formula is C11H9FN2O3. The molecule has 0 spiro atoms. The number of halogens is 1. The quantitative estimate of drug-likeness (QED) is 0.638. The summed E-state index contributed by atoms with van der Waals surface area (Å²) in [5.41, 5.74) is -0.135. The van der Waals surface area contributed by atoms with Gasteiger partial charge in [0, 0.05) is 13.0 Å². The standard InChI is InChI=1S/C11H9FN2O3/c1-7(15)17-8-2-3-9(12)10(6-8)14-11(16)4-5-13/h2-3,6H,4H2,1H3,(H,14,16). The summed E-state index contributed by atoms with van der Waals surface area (Å²) < 4.78 is 18.0. The molecule has 0 unspecified atom stereocenters. The first kappa shape index (κ1) is 12.6. The van der Waals surface area contributed by atoms with Crippen molar-refractivity contribution in [3.8, 4) is 11.8 Å². The van der Waals surface area contributed by atoms with E-state index in [9.17, 15) is 14.0 Å². The van der Waals surface area contributed by atoms with E-state index in [1.165, 1.54) is 19.1 Å². The number of nitrogens with one attached hydrogen (secondary N) is 1. The van der Waals surface area contributed by atoms with Crippen LogP contribution in [0.5, 0.6) is 5.75 Å². The smallest absolute Gasteiger partial charge is 0.308 e. The van der Waals surface area contributed by atoms with Gasteiger partial charge in [-0.3, -0.25) is 9.59 Å². The summed E-state index contributed by atoms with van der Waals surface area (Å²) in [6, 6.07) is 5.12. The first-order valence-corrected chi connectivity index (χ1v) is 4.67. The van der Waals surface area contributed by atoms with Crippen molar-refractivity contribution in [1.29, 1.82) is 5.26 Å². The molecule has 0 bridgehead atoms. The zero-order valence-corrected chi connectivity index (χ0v) is 8.99. The third kappa shape index (κ3) is 3.91. The second-order valence-electron chi connectivity index (χ2n) is 3.12. The van der Waals surface area contributed by atoms with Gasteiger partial charge in [-0.1, -0.05) is 0 Å². The molecule has 5 nitrogen and oxygen atoms in total. The lowest BCUT2D eigenvalue weighted by molar-refractivity contribution is -0.131.